The van der Waals surface area contributed by atoms with Crippen molar-refractivity contribution in [3.63, 3.8) is 0 Å². The number of hydrogen-bond donors (Lipinski definition) is 2. The summed E-state index contributed by atoms with van der Waals surface area (Å²) in [6, 6.07) is 12.6. The molecule has 10 nitrogen and oxygen atoms in total. The normalized spacial score (nSPS) is 17.6. The Morgan fingerprint density at radius 1 is 1.18 bits per heavy atom. The fourth-order valence-corrected chi connectivity index (χ4v) is 5.05. The van der Waals surface area contributed by atoms with E-state index >= 15 is 0 Å². The maximum Gasteiger partial charge on any atom is 0.325 e. The van der Waals surface area contributed by atoms with Crippen molar-refractivity contribution in [2.24, 2.45) is 0 Å². The SMILES string of the molecule is CCOC(=O)CSc1nnc(NC(=O)CN2C(=O)N[C@@](C)(c3ccc4ccccc4c3)C2=O)s1. The Labute approximate surface area is 203 Å². The molecule has 34 heavy (non-hydrogen) atoms. The first-order valence-electron chi connectivity index (χ1n) is 10.4. The lowest BCUT2D eigenvalue weighted by molar-refractivity contribution is -0.139. The Balaban J connectivity index is 1.40. The van der Waals surface area contributed by atoms with Crippen molar-refractivity contribution < 1.29 is 23.9 Å². The molecule has 1 aliphatic heterocycles. The number of imide groups is 1. The number of carbonyl (C=O) groups is 4. The van der Waals surface area contributed by atoms with Crippen LogP contribution in [0, 0.1) is 0 Å². The number of thioether (sulfide) groups is 1. The van der Waals surface area contributed by atoms with E-state index in [1.54, 1.807) is 19.9 Å². The number of anilines is 1. The van der Waals surface area contributed by atoms with E-state index in [2.05, 4.69) is 20.8 Å². The minimum Gasteiger partial charge on any atom is -0.465 e. The zero-order valence-electron chi connectivity index (χ0n) is 18.4. The smallest absolute Gasteiger partial charge is 0.325 e. The molecule has 12 heteroatoms. The summed E-state index contributed by atoms with van der Waals surface area (Å²) in [5, 5.41) is 15.1. The molecule has 0 spiro atoms. The quantitative estimate of drug-likeness (QED) is 0.209. The van der Waals surface area contributed by atoms with Crippen molar-refractivity contribution in [1.82, 2.24) is 20.4 Å². The Morgan fingerprint density at radius 3 is 2.71 bits per heavy atom. The number of amides is 4. The van der Waals surface area contributed by atoms with E-state index in [0.29, 0.717) is 16.5 Å². The average Bonchev–Trinajstić information content (AvgIpc) is 3.35. The van der Waals surface area contributed by atoms with Crippen molar-refractivity contribution in [1.29, 1.82) is 0 Å². The van der Waals surface area contributed by atoms with Gasteiger partial charge in [-0.05, 0) is 36.2 Å². The second-order valence-corrected chi connectivity index (χ2v) is 9.72. The second-order valence-electron chi connectivity index (χ2n) is 7.52. The lowest BCUT2D eigenvalue weighted by atomic mass is 9.90. The molecule has 4 amide bonds. The number of esters is 1. The Morgan fingerprint density at radius 2 is 1.94 bits per heavy atom. The second kappa shape index (κ2) is 9.77. The fourth-order valence-electron chi connectivity index (χ4n) is 3.48. The maximum atomic E-state index is 13.2. The van der Waals surface area contributed by atoms with E-state index in [-0.39, 0.29) is 16.9 Å². The largest absolute Gasteiger partial charge is 0.465 e. The molecule has 0 unspecified atom stereocenters. The molecule has 1 atom stereocenters. The van der Waals surface area contributed by atoms with Crippen LogP contribution in [0.2, 0.25) is 0 Å². The minimum atomic E-state index is -1.29. The molecule has 1 fully saturated rings. The third-order valence-corrected chi connectivity index (χ3v) is 7.12. The van der Waals surface area contributed by atoms with Crippen LogP contribution >= 0.6 is 23.1 Å². The molecular weight excluding hydrogens is 478 g/mol. The van der Waals surface area contributed by atoms with Gasteiger partial charge in [-0.25, -0.2) is 4.79 Å². The van der Waals surface area contributed by atoms with Crippen LogP contribution in [0.3, 0.4) is 0 Å². The number of nitrogens with one attached hydrogen (secondary N) is 2. The van der Waals surface area contributed by atoms with Gasteiger partial charge in [0, 0.05) is 0 Å². The first-order valence-corrected chi connectivity index (χ1v) is 12.2. The highest BCUT2D eigenvalue weighted by Gasteiger charge is 2.49. The van der Waals surface area contributed by atoms with E-state index < -0.39 is 29.9 Å². The highest BCUT2D eigenvalue weighted by atomic mass is 32.2. The van der Waals surface area contributed by atoms with E-state index in [1.807, 2.05) is 36.4 Å². The molecule has 0 bridgehead atoms. The summed E-state index contributed by atoms with van der Waals surface area (Å²) in [4.78, 5) is 50.6. The summed E-state index contributed by atoms with van der Waals surface area (Å²) in [6.45, 7) is 3.15. The summed E-state index contributed by atoms with van der Waals surface area (Å²) in [7, 11) is 0. The molecule has 0 radical (unpaired) electrons. The Hall–Kier alpha value is -3.51. The Kier molecular flexibility index (Phi) is 6.80. The van der Waals surface area contributed by atoms with Crippen LogP contribution in [-0.4, -0.2) is 57.8 Å². The van der Waals surface area contributed by atoms with Crippen LogP contribution in [0.25, 0.3) is 10.8 Å². The van der Waals surface area contributed by atoms with Gasteiger partial charge < -0.3 is 10.1 Å². The first kappa shape index (κ1) is 23.6. The van der Waals surface area contributed by atoms with Crippen molar-refractivity contribution in [2.75, 3.05) is 24.2 Å². The van der Waals surface area contributed by atoms with Gasteiger partial charge in [0.15, 0.2) is 4.34 Å². The average molecular weight is 500 g/mol. The molecule has 1 aliphatic rings. The van der Waals surface area contributed by atoms with Gasteiger partial charge in [-0.2, -0.15) is 0 Å². The molecule has 2 N–H and O–H groups in total. The number of nitrogens with zero attached hydrogens (tertiary/aromatic N) is 3. The van der Waals surface area contributed by atoms with E-state index in [1.165, 1.54) is 0 Å². The number of hydrogen-bond acceptors (Lipinski definition) is 9. The Bertz CT molecular complexity index is 1280. The number of rotatable bonds is 8. The summed E-state index contributed by atoms with van der Waals surface area (Å²) in [6.07, 6.45) is 0. The number of carbonyl (C=O) groups excluding carboxylic acids is 4. The van der Waals surface area contributed by atoms with Crippen LogP contribution in [0.1, 0.15) is 19.4 Å². The van der Waals surface area contributed by atoms with Gasteiger partial charge in [-0.3, -0.25) is 24.6 Å². The fraction of sp³-hybridized carbons (Fsp3) is 0.273. The van der Waals surface area contributed by atoms with Crippen molar-refractivity contribution in [2.45, 2.75) is 23.7 Å². The zero-order chi connectivity index (χ0) is 24.3. The van der Waals surface area contributed by atoms with E-state index in [0.717, 1.165) is 38.8 Å². The summed E-state index contributed by atoms with van der Waals surface area (Å²) >= 11 is 2.21. The highest BCUT2D eigenvalue weighted by molar-refractivity contribution is 8.01. The summed E-state index contributed by atoms with van der Waals surface area (Å²) < 4.78 is 5.33. The maximum absolute atomic E-state index is 13.2. The number of urea groups is 1. The molecular formula is C22H21N5O5S2. The van der Waals surface area contributed by atoms with Crippen LogP contribution in [0.4, 0.5) is 9.93 Å². The van der Waals surface area contributed by atoms with Crippen molar-refractivity contribution in [3.8, 4) is 0 Å². The molecule has 1 aromatic heterocycles. The third kappa shape index (κ3) is 4.87. The molecule has 4 rings (SSSR count). The summed E-state index contributed by atoms with van der Waals surface area (Å²) in [5.74, 6) is -1.41. The predicted molar refractivity (Wildman–Crippen MR) is 127 cm³/mol. The van der Waals surface area contributed by atoms with Crippen LogP contribution in [0.5, 0.6) is 0 Å². The van der Waals surface area contributed by atoms with Gasteiger partial charge in [0.25, 0.3) is 5.91 Å². The molecule has 0 aliphatic carbocycles. The lowest BCUT2D eigenvalue weighted by Crippen LogP contribution is -2.42. The summed E-state index contributed by atoms with van der Waals surface area (Å²) in [5.41, 5.74) is -0.666. The molecule has 0 saturated carbocycles. The lowest BCUT2D eigenvalue weighted by Gasteiger charge is -2.22. The van der Waals surface area contributed by atoms with Gasteiger partial charge in [-0.15, -0.1) is 10.2 Å². The molecule has 1 saturated heterocycles. The third-order valence-electron chi connectivity index (χ3n) is 5.18. The number of fused-ring (bicyclic) bond motifs is 1. The van der Waals surface area contributed by atoms with Gasteiger partial charge in [0.05, 0.1) is 12.4 Å². The van der Waals surface area contributed by atoms with Crippen LogP contribution in [-0.2, 0) is 24.7 Å². The predicted octanol–water partition coefficient (Wildman–Crippen LogP) is 2.75. The minimum absolute atomic E-state index is 0.0756. The highest BCUT2D eigenvalue weighted by Crippen LogP contribution is 2.31. The van der Waals surface area contributed by atoms with Gasteiger partial charge >= 0.3 is 12.0 Å². The standard InChI is InChI=1S/C22H21N5O5S2/c1-3-32-17(29)12-33-21-26-25-19(34-21)23-16(28)11-27-18(30)22(2,24-20(27)31)15-9-8-13-6-4-5-7-14(13)10-15/h4-10H,3,11-12H2,1-2H3,(H,24,31)(H,23,25,28)/t22-/m0/s1. The number of aromatic nitrogens is 2. The van der Waals surface area contributed by atoms with E-state index in [4.69, 9.17) is 4.74 Å². The van der Waals surface area contributed by atoms with E-state index in [9.17, 15) is 19.2 Å². The van der Waals surface area contributed by atoms with Gasteiger partial charge in [-0.1, -0.05) is 59.5 Å². The van der Waals surface area contributed by atoms with Crippen molar-refractivity contribution >= 4 is 62.8 Å². The van der Waals surface area contributed by atoms with Gasteiger partial charge in [0.2, 0.25) is 11.0 Å². The first-order chi connectivity index (χ1) is 16.3. The molecule has 2 heterocycles. The van der Waals surface area contributed by atoms with Crippen molar-refractivity contribution in [3.05, 3.63) is 48.0 Å². The topological polar surface area (TPSA) is 131 Å². The van der Waals surface area contributed by atoms with Gasteiger partial charge in [0.1, 0.15) is 12.1 Å². The molecule has 3 aromatic rings. The monoisotopic (exact) mass is 499 g/mol. The molecule has 176 valence electrons. The number of ether oxygens (including phenoxy) is 1. The number of benzene rings is 2. The molecule has 2 aromatic carbocycles. The zero-order valence-corrected chi connectivity index (χ0v) is 20.0. The van der Waals surface area contributed by atoms with Crippen LogP contribution in [0.15, 0.2) is 46.8 Å². The van der Waals surface area contributed by atoms with Crippen LogP contribution < -0.4 is 10.6 Å².